The van der Waals surface area contributed by atoms with Crippen LogP contribution in [0.4, 0.5) is 0 Å². The van der Waals surface area contributed by atoms with Gasteiger partial charge in [0, 0.05) is 32.8 Å². The number of rotatable bonds is 20. The van der Waals surface area contributed by atoms with Gasteiger partial charge in [0.15, 0.2) is 18.9 Å². The highest BCUT2D eigenvalue weighted by atomic mass is 16.8. The van der Waals surface area contributed by atoms with Crippen molar-refractivity contribution in [3.8, 4) is 0 Å². The zero-order valence-corrected chi connectivity index (χ0v) is 38.5. The first-order chi connectivity index (χ1) is 33.0. The molecule has 5 rings (SSSR count). The molecule has 30 nitrogen and oxygen atoms in total. The fourth-order valence-electron chi connectivity index (χ4n) is 9.00. The average Bonchev–Trinajstić information content (AvgIpc) is 3.32. The second-order valence-corrected chi connectivity index (χ2v) is 17.8. The van der Waals surface area contributed by atoms with E-state index in [0.29, 0.717) is 0 Å². The second-order valence-electron chi connectivity index (χ2n) is 17.8. The Morgan fingerprint density at radius 2 is 1.23 bits per heavy atom. The molecule has 0 aromatic rings. The largest absolute Gasteiger partial charge is 0.477 e. The number of carbonyl (C=O) groups is 3. The van der Waals surface area contributed by atoms with Crippen LogP contribution in [0.2, 0.25) is 0 Å². The Labute approximate surface area is 399 Å². The van der Waals surface area contributed by atoms with Crippen molar-refractivity contribution in [2.45, 2.75) is 180 Å². The maximum atomic E-state index is 13.1. The molecule has 0 radical (unpaired) electrons. The van der Waals surface area contributed by atoms with Crippen LogP contribution in [0, 0.1) is 5.92 Å². The summed E-state index contributed by atoms with van der Waals surface area (Å²) in [6, 6.07) is -3.49. The lowest BCUT2D eigenvalue weighted by Crippen LogP contribution is -2.73. The number of ether oxygens (including phenoxy) is 10. The van der Waals surface area contributed by atoms with E-state index in [1.165, 1.54) is 6.92 Å². The van der Waals surface area contributed by atoms with E-state index in [2.05, 4.69) is 10.6 Å². The number of carboxylic acid groups (broad SMARTS) is 1. The normalized spacial score (nSPS) is 45.6. The van der Waals surface area contributed by atoms with Crippen LogP contribution >= 0.6 is 0 Å². The van der Waals surface area contributed by atoms with Crippen LogP contribution in [0.5, 0.6) is 0 Å². The summed E-state index contributed by atoms with van der Waals surface area (Å²) in [7, 11) is 0. The quantitative estimate of drug-likeness (QED) is 0.0538. The summed E-state index contributed by atoms with van der Waals surface area (Å²) in [5.74, 6) is -10.3. The van der Waals surface area contributed by atoms with Crippen LogP contribution in [-0.4, -0.2) is 287 Å². The Hall–Kier alpha value is -2.55. The number of hydrogen-bond acceptors (Lipinski definition) is 27. The third-order valence-electron chi connectivity index (χ3n) is 12.8. The van der Waals surface area contributed by atoms with Crippen molar-refractivity contribution in [3.05, 3.63) is 0 Å². The number of carboxylic acids is 1. The molecule has 0 aliphatic carbocycles. The summed E-state index contributed by atoms with van der Waals surface area (Å²) >= 11 is 0. The van der Waals surface area contributed by atoms with E-state index in [1.54, 1.807) is 6.92 Å². The number of amides is 2. The van der Waals surface area contributed by atoms with E-state index in [0.717, 1.165) is 13.8 Å². The van der Waals surface area contributed by atoms with Gasteiger partial charge in [0.05, 0.1) is 51.3 Å². The molecule has 5 saturated heterocycles. The molecule has 0 unspecified atom stereocenters. The van der Waals surface area contributed by atoms with Gasteiger partial charge in [0.25, 0.3) is 5.79 Å². The maximum absolute atomic E-state index is 13.1. The van der Waals surface area contributed by atoms with Crippen LogP contribution in [0.15, 0.2) is 0 Å². The van der Waals surface area contributed by atoms with Crippen LogP contribution in [-0.2, 0) is 61.8 Å². The zero-order valence-electron chi connectivity index (χ0n) is 38.5. The summed E-state index contributed by atoms with van der Waals surface area (Å²) in [4.78, 5) is 38.2. The van der Waals surface area contributed by atoms with Crippen LogP contribution in [0.3, 0.4) is 0 Å². The van der Waals surface area contributed by atoms with Crippen molar-refractivity contribution in [1.82, 2.24) is 10.6 Å². The number of aliphatic carboxylic acids is 1. The van der Waals surface area contributed by atoms with Gasteiger partial charge < -0.3 is 135 Å². The first-order valence-electron chi connectivity index (χ1n) is 22.5. The zero-order chi connectivity index (χ0) is 52.2. The highest BCUT2D eigenvalue weighted by molar-refractivity contribution is 5.76. The minimum atomic E-state index is -3.20. The molecule has 70 heavy (non-hydrogen) atoms. The van der Waals surface area contributed by atoms with E-state index in [-0.39, 0.29) is 13.2 Å². The van der Waals surface area contributed by atoms with Gasteiger partial charge in [0.2, 0.25) is 17.6 Å². The van der Waals surface area contributed by atoms with Crippen LogP contribution < -0.4 is 10.6 Å². The summed E-state index contributed by atoms with van der Waals surface area (Å²) < 4.78 is 58.5. The van der Waals surface area contributed by atoms with Gasteiger partial charge in [-0.15, -0.1) is 0 Å². The van der Waals surface area contributed by atoms with E-state index < -0.39 is 209 Å². The van der Waals surface area contributed by atoms with Crippen molar-refractivity contribution in [3.63, 3.8) is 0 Å². The Kier molecular flexibility index (Phi) is 20.5. The SMILES string of the molecule is CCO[C@@H]1O[C@H](CO)[C@H](O)[C@H](O[C@@H]2O[C@H](CO)[C@@H](O[C@@H]3O[C@H](CO)[C@H](O)[C@H](O[C@]4(C(=O)O)C[C@H](O)[C@@H](NC(C)=O)[C@H]([C@H](O)[C@H](O)CO)O4)[C@H]3O)[C@H](O[C@@]3(CO)OC[C@@H](C)[C@@H](O)[C@@H]3O)[C@H]2NC(C)=O)[C@H]1O. The molecular formula is C40H68N2O28. The summed E-state index contributed by atoms with van der Waals surface area (Å²) in [6.45, 7) is -0.777. The number of nitrogens with one attached hydrogen (secondary N) is 2. The predicted molar refractivity (Wildman–Crippen MR) is 220 cm³/mol. The molecule has 2 amide bonds. The van der Waals surface area contributed by atoms with Gasteiger partial charge in [-0.3, -0.25) is 9.59 Å². The fourth-order valence-corrected chi connectivity index (χ4v) is 9.00. The predicted octanol–water partition coefficient (Wildman–Crippen LogP) is -10.1. The molecule has 5 heterocycles. The van der Waals surface area contributed by atoms with Gasteiger partial charge in [-0.2, -0.15) is 0 Å². The van der Waals surface area contributed by atoms with Gasteiger partial charge in [-0.25, -0.2) is 4.79 Å². The fraction of sp³-hybridized carbons (Fsp3) is 0.925. The summed E-state index contributed by atoms with van der Waals surface area (Å²) in [5.41, 5.74) is 0. The maximum Gasteiger partial charge on any atom is 0.364 e. The molecule has 0 aromatic carbocycles. The van der Waals surface area contributed by atoms with E-state index in [9.17, 15) is 91.0 Å². The van der Waals surface area contributed by atoms with Gasteiger partial charge in [-0.05, 0) is 6.92 Å². The van der Waals surface area contributed by atoms with E-state index in [1.807, 2.05) is 0 Å². The van der Waals surface area contributed by atoms with Crippen LogP contribution in [0.25, 0.3) is 0 Å². The average molecular weight is 1020 g/mol. The molecule has 25 atom stereocenters. The highest BCUT2D eigenvalue weighted by Gasteiger charge is 2.62. The van der Waals surface area contributed by atoms with E-state index >= 15 is 0 Å². The van der Waals surface area contributed by atoms with Gasteiger partial charge in [-0.1, -0.05) is 6.92 Å². The first kappa shape index (κ1) is 58.3. The third-order valence-corrected chi connectivity index (χ3v) is 12.8. The Morgan fingerprint density at radius 1 is 0.686 bits per heavy atom. The highest BCUT2D eigenvalue weighted by Crippen LogP contribution is 2.41. The van der Waals surface area contributed by atoms with Crippen molar-refractivity contribution in [2.24, 2.45) is 5.92 Å². The molecule has 5 fully saturated rings. The topological polar surface area (TPSA) is 471 Å². The smallest absolute Gasteiger partial charge is 0.364 e. The van der Waals surface area contributed by atoms with Crippen molar-refractivity contribution in [2.75, 3.05) is 46.2 Å². The van der Waals surface area contributed by atoms with Gasteiger partial charge >= 0.3 is 5.97 Å². The Morgan fingerprint density at radius 3 is 1.77 bits per heavy atom. The molecule has 0 bridgehead atoms. The number of aliphatic hydroxyl groups is 14. The Bertz CT molecular complexity index is 1710. The molecular weight excluding hydrogens is 956 g/mol. The Balaban J connectivity index is 1.58. The first-order valence-corrected chi connectivity index (χ1v) is 22.5. The number of hydrogen-bond donors (Lipinski definition) is 17. The minimum Gasteiger partial charge on any atom is -0.477 e. The molecule has 5 aliphatic heterocycles. The van der Waals surface area contributed by atoms with Crippen molar-refractivity contribution < 1.29 is 138 Å². The molecule has 0 aromatic heterocycles. The number of aliphatic hydroxyl groups excluding tert-OH is 14. The summed E-state index contributed by atoms with van der Waals surface area (Å²) in [5, 5.41) is 168. The second kappa shape index (κ2) is 24.7. The molecule has 5 aliphatic rings. The van der Waals surface area contributed by atoms with E-state index in [4.69, 9.17) is 47.4 Å². The van der Waals surface area contributed by atoms with Crippen molar-refractivity contribution >= 4 is 17.8 Å². The lowest BCUT2D eigenvalue weighted by atomic mass is 9.88. The molecule has 30 heteroatoms. The monoisotopic (exact) mass is 1020 g/mol. The minimum absolute atomic E-state index is 0.0341. The lowest BCUT2D eigenvalue weighted by Gasteiger charge is -2.53. The molecule has 17 N–H and O–H groups in total. The molecule has 0 spiro atoms. The standard InChI is InChI=1S/C40H68N2O28/c1-5-61-36-27(56)32(25(54)18(8-44)63-36)67-35-22(42-15(4)49)31(69-40(12-47)34(58)23(52)13(2)11-62-40)29(20(10-46)65-35)66-37-28(57)33(26(55)19(9-45)64-37)70-39(38(59)60)6-16(50)21(41-14(3)48)30(68-39)24(53)17(51)7-43/h13,16-37,43-47,50-58H,5-12H2,1-4H3,(H,41,48)(H,42,49)(H,59,60)/t13-,16+,17-,18-,19-,20-,21-,22-,23-,24-,25+,26+,27-,28-,29-,30-,31-,32+,33+,34+,35+,36-,37+,39+,40-/m1/s1. The van der Waals surface area contributed by atoms with Gasteiger partial charge in [0.1, 0.15) is 104 Å². The van der Waals surface area contributed by atoms with Crippen molar-refractivity contribution in [1.29, 1.82) is 0 Å². The van der Waals surface area contributed by atoms with Crippen LogP contribution in [0.1, 0.15) is 34.1 Å². The summed E-state index contributed by atoms with van der Waals surface area (Å²) in [6.07, 6.45) is -40.6. The number of carbonyl (C=O) groups excluding carboxylic acids is 2. The lowest BCUT2D eigenvalue weighted by molar-refractivity contribution is -0.411. The molecule has 406 valence electrons. The molecule has 0 saturated carbocycles. The third kappa shape index (κ3) is 12.2.